The highest BCUT2D eigenvalue weighted by molar-refractivity contribution is 9.10. The predicted molar refractivity (Wildman–Crippen MR) is 72.8 cm³/mol. The Balaban J connectivity index is 2.78. The van der Waals surface area contributed by atoms with Gasteiger partial charge in [-0.15, -0.1) is 0 Å². The lowest BCUT2D eigenvalue weighted by Gasteiger charge is -2.13. The van der Waals surface area contributed by atoms with E-state index in [2.05, 4.69) is 21.2 Å². The second-order valence-electron chi connectivity index (χ2n) is 3.58. The van der Waals surface area contributed by atoms with Crippen molar-refractivity contribution in [1.29, 1.82) is 0 Å². The maximum Gasteiger partial charge on any atom is 0.223 e. The predicted octanol–water partition coefficient (Wildman–Crippen LogP) is 1.43. The maximum absolute atomic E-state index is 11.1. The van der Waals surface area contributed by atoms with Crippen LogP contribution in [0.15, 0.2) is 16.6 Å². The molecule has 3 N–H and O–H groups in total. The Hall–Kier alpha value is -1.27. The number of ether oxygens (including phenoxy) is 2. The van der Waals surface area contributed by atoms with Crippen LogP contribution in [0.5, 0.6) is 11.5 Å². The zero-order chi connectivity index (χ0) is 13.5. The average Bonchev–Trinajstić information content (AvgIpc) is 2.39. The van der Waals surface area contributed by atoms with Crippen molar-refractivity contribution in [3.05, 3.63) is 22.2 Å². The molecule has 5 nitrogen and oxygen atoms in total. The van der Waals surface area contributed by atoms with Gasteiger partial charge in [-0.3, -0.25) is 4.79 Å². The quantitative estimate of drug-likeness (QED) is 0.832. The Labute approximate surface area is 115 Å². The van der Waals surface area contributed by atoms with Crippen molar-refractivity contribution in [3.8, 4) is 11.5 Å². The second kappa shape index (κ2) is 7.23. The van der Waals surface area contributed by atoms with Gasteiger partial charge in [0.2, 0.25) is 5.91 Å². The summed E-state index contributed by atoms with van der Waals surface area (Å²) < 4.78 is 11.6. The molecule has 0 radical (unpaired) electrons. The van der Waals surface area contributed by atoms with Crippen LogP contribution in [0.3, 0.4) is 0 Å². The number of rotatable bonds is 6. The van der Waals surface area contributed by atoms with E-state index in [4.69, 9.17) is 15.2 Å². The van der Waals surface area contributed by atoms with Gasteiger partial charge in [-0.25, -0.2) is 0 Å². The van der Waals surface area contributed by atoms with E-state index in [1.165, 1.54) is 0 Å². The molecule has 0 aliphatic rings. The molecular formula is C12H17BrN2O3. The summed E-state index contributed by atoms with van der Waals surface area (Å²) in [6, 6.07) is 3.69. The van der Waals surface area contributed by atoms with Crippen molar-refractivity contribution >= 4 is 21.8 Å². The largest absolute Gasteiger partial charge is 0.493 e. The van der Waals surface area contributed by atoms with E-state index in [0.717, 1.165) is 10.0 Å². The zero-order valence-electron chi connectivity index (χ0n) is 10.5. The number of hydrogen-bond donors (Lipinski definition) is 2. The summed E-state index contributed by atoms with van der Waals surface area (Å²) in [6.07, 6.45) is 0.296. The normalized spacial score (nSPS) is 10.0. The first-order chi connectivity index (χ1) is 8.62. The first kappa shape index (κ1) is 14.8. The van der Waals surface area contributed by atoms with E-state index in [9.17, 15) is 4.79 Å². The first-order valence-corrected chi connectivity index (χ1v) is 6.31. The maximum atomic E-state index is 11.1. The minimum Gasteiger partial charge on any atom is -0.493 e. The molecule has 0 spiro atoms. The van der Waals surface area contributed by atoms with Crippen LogP contribution in [0.1, 0.15) is 12.0 Å². The number of methoxy groups -OCH3 is 1. The first-order valence-electron chi connectivity index (χ1n) is 5.52. The van der Waals surface area contributed by atoms with Crippen LogP contribution in [-0.4, -0.2) is 26.7 Å². The molecule has 0 fully saturated rings. The summed E-state index contributed by atoms with van der Waals surface area (Å²) in [6.45, 7) is 0.712. The highest BCUT2D eigenvalue weighted by Gasteiger charge is 2.11. The fourth-order valence-electron chi connectivity index (χ4n) is 1.40. The monoisotopic (exact) mass is 316 g/mol. The fourth-order valence-corrected chi connectivity index (χ4v) is 2.01. The minimum absolute atomic E-state index is 0.0660. The molecule has 0 bridgehead atoms. The number of carbonyl (C=O) groups excluding carboxylic acids is 1. The Morgan fingerprint density at radius 1 is 1.50 bits per heavy atom. The van der Waals surface area contributed by atoms with Gasteiger partial charge in [0.1, 0.15) is 0 Å². The molecule has 0 atom stereocenters. The number of nitrogens with two attached hydrogens (primary N) is 1. The standard InChI is InChI=1S/C12H17BrN2O3/c1-15-11(16)3-4-18-12-9(13)5-8(7-14)6-10(12)17-2/h5-6H,3-4,7,14H2,1-2H3,(H,15,16). The number of carbonyl (C=O) groups is 1. The van der Waals surface area contributed by atoms with E-state index in [-0.39, 0.29) is 12.5 Å². The molecule has 0 aliphatic heterocycles. The summed E-state index contributed by atoms with van der Waals surface area (Å²) in [7, 11) is 3.16. The Morgan fingerprint density at radius 3 is 2.78 bits per heavy atom. The van der Waals surface area contributed by atoms with Gasteiger partial charge in [-0.1, -0.05) is 0 Å². The number of halogens is 1. The molecule has 18 heavy (non-hydrogen) atoms. The van der Waals surface area contributed by atoms with Gasteiger partial charge < -0.3 is 20.5 Å². The Bertz CT molecular complexity index is 424. The lowest BCUT2D eigenvalue weighted by molar-refractivity contribution is -0.121. The van der Waals surface area contributed by atoms with Gasteiger partial charge in [-0.05, 0) is 33.6 Å². The average molecular weight is 317 g/mol. The van der Waals surface area contributed by atoms with Gasteiger partial charge in [0.15, 0.2) is 11.5 Å². The van der Waals surface area contributed by atoms with Crippen molar-refractivity contribution in [1.82, 2.24) is 5.32 Å². The van der Waals surface area contributed by atoms with Crippen molar-refractivity contribution in [3.63, 3.8) is 0 Å². The van der Waals surface area contributed by atoms with Crippen LogP contribution in [0.4, 0.5) is 0 Å². The molecule has 1 aromatic carbocycles. The van der Waals surface area contributed by atoms with Crippen LogP contribution in [-0.2, 0) is 11.3 Å². The van der Waals surface area contributed by atoms with Crippen molar-refractivity contribution in [2.24, 2.45) is 5.73 Å². The molecule has 1 amide bonds. The van der Waals surface area contributed by atoms with E-state index in [0.29, 0.717) is 24.5 Å². The summed E-state index contributed by atoms with van der Waals surface area (Å²) in [4.78, 5) is 11.1. The lowest BCUT2D eigenvalue weighted by Crippen LogP contribution is -2.20. The molecule has 0 unspecified atom stereocenters. The Morgan fingerprint density at radius 2 is 2.22 bits per heavy atom. The van der Waals surface area contributed by atoms with Crippen LogP contribution < -0.4 is 20.5 Å². The van der Waals surface area contributed by atoms with Crippen molar-refractivity contribution in [2.45, 2.75) is 13.0 Å². The van der Waals surface area contributed by atoms with Gasteiger partial charge >= 0.3 is 0 Å². The van der Waals surface area contributed by atoms with E-state index >= 15 is 0 Å². The van der Waals surface area contributed by atoms with Crippen LogP contribution in [0.2, 0.25) is 0 Å². The molecule has 1 rings (SSSR count). The summed E-state index contributed by atoms with van der Waals surface area (Å²) in [5.41, 5.74) is 6.52. The van der Waals surface area contributed by atoms with Crippen LogP contribution in [0.25, 0.3) is 0 Å². The molecule has 100 valence electrons. The highest BCUT2D eigenvalue weighted by Crippen LogP contribution is 2.36. The van der Waals surface area contributed by atoms with Crippen LogP contribution >= 0.6 is 15.9 Å². The fraction of sp³-hybridized carbons (Fsp3) is 0.417. The number of amides is 1. The van der Waals surface area contributed by atoms with E-state index in [1.54, 1.807) is 14.2 Å². The van der Waals surface area contributed by atoms with Gasteiger partial charge in [0.05, 0.1) is 24.6 Å². The third-order valence-electron chi connectivity index (χ3n) is 2.38. The SMILES string of the molecule is CNC(=O)CCOc1c(Br)cc(CN)cc1OC. The summed E-state index contributed by atoms with van der Waals surface area (Å²) in [5.74, 6) is 1.11. The van der Waals surface area contributed by atoms with E-state index < -0.39 is 0 Å². The van der Waals surface area contributed by atoms with Gasteiger partial charge in [-0.2, -0.15) is 0 Å². The Kier molecular flexibility index (Phi) is 5.94. The highest BCUT2D eigenvalue weighted by atomic mass is 79.9. The molecule has 0 heterocycles. The third-order valence-corrected chi connectivity index (χ3v) is 2.97. The molecular weight excluding hydrogens is 300 g/mol. The van der Waals surface area contributed by atoms with Gasteiger partial charge in [0.25, 0.3) is 0 Å². The number of nitrogens with one attached hydrogen (secondary N) is 1. The molecule has 0 saturated carbocycles. The lowest BCUT2D eigenvalue weighted by atomic mass is 10.2. The topological polar surface area (TPSA) is 73.6 Å². The molecule has 0 aliphatic carbocycles. The molecule has 0 aromatic heterocycles. The molecule has 1 aromatic rings. The third kappa shape index (κ3) is 3.89. The summed E-state index contributed by atoms with van der Waals surface area (Å²) in [5, 5.41) is 2.53. The van der Waals surface area contributed by atoms with E-state index in [1.807, 2.05) is 12.1 Å². The smallest absolute Gasteiger partial charge is 0.223 e. The molecule has 6 heteroatoms. The summed E-state index contributed by atoms with van der Waals surface area (Å²) >= 11 is 3.40. The van der Waals surface area contributed by atoms with Gasteiger partial charge in [0, 0.05) is 13.6 Å². The van der Waals surface area contributed by atoms with Crippen molar-refractivity contribution in [2.75, 3.05) is 20.8 Å². The van der Waals surface area contributed by atoms with Crippen molar-refractivity contribution < 1.29 is 14.3 Å². The van der Waals surface area contributed by atoms with Crippen LogP contribution in [0, 0.1) is 0 Å². The minimum atomic E-state index is -0.0660. The molecule has 0 saturated heterocycles. The number of hydrogen-bond acceptors (Lipinski definition) is 4. The second-order valence-corrected chi connectivity index (χ2v) is 4.44. The number of benzene rings is 1. The zero-order valence-corrected chi connectivity index (χ0v) is 12.0.